The van der Waals surface area contributed by atoms with Crippen LogP contribution in [0.5, 0.6) is 0 Å². The van der Waals surface area contributed by atoms with E-state index < -0.39 is 29.2 Å². The smallest absolute Gasteiger partial charge is 0.410 e. The summed E-state index contributed by atoms with van der Waals surface area (Å²) in [6.45, 7) is 7.21. The number of carboxylic acid groups (broad SMARTS) is 1. The van der Waals surface area contributed by atoms with Crippen LogP contribution in [0.3, 0.4) is 0 Å². The number of ether oxygens (including phenoxy) is 2. The van der Waals surface area contributed by atoms with E-state index >= 15 is 0 Å². The van der Waals surface area contributed by atoms with Crippen molar-refractivity contribution in [3.63, 3.8) is 0 Å². The summed E-state index contributed by atoms with van der Waals surface area (Å²) in [4.78, 5) is 24.6. The Morgan fingerprint density at radius 3 is 2.28 bits per heavy atom. The van der Waals surface area contributed by atoms with E-state index in [0.29, 0.717) is 0 Å². The Morgan fingerprint density at radius 2 is 1.94 bits per heavy atom. The van der Waals surface area contributed by atoms with Gasteiger partial charge >= 0.3 is 12.1 Å². The van der Waals surface area contributed by atoms with Crippen molar-refractivity contribution in [3.8, 4) is 0 Å². The molecule has 2 unspecified atom stereocenters. The summed E-state index contributed by atoms with van der Waals surface area (Å²) in [5.74, 6) is -0.972. The monoisotopic (exact) mass is 259 g/mol. The van der Waals surface area contributed by atoms with E-state index in [2.05, 4.69) is 0 Å². The number of hydrogen-bond donors (Lipinski definition) is 1. The van der Waals surface area contributed by atoms with E-state index in [1.807, 2.05) is 0 Å². The molecule has 1 rings (SSSR count). The Kier molecular flexibility index (Phi) is 3.90. The molecule has 0 aliphatic carbocycles. The van der Waals surface area contributed by atoms with Gasteiger partial charge in [0.25, 0.3) is 0 Å². The van der Waals surface area contributed by atoms with Gasteiger partial charge in [-0.1, -0.05) is 0 Å². The third kappa shape index (κ3) is 2.93. The Labute approximate surface area is 107 Å². The highest BCUT2D eigenvalue weighted by molar-refractivity contribution is 5.78. The number of carbonyl (C=O) groups excluding carboxylic acids is 1. The lowest BCUT2D eigenvalue weighted by molar-refractivity contribution is -0.152. The van der Waals surface area contributed by atoms with Crippen molar-refractivity contribution in [1.82, 2.24) is 4.90 Å². The summed E-state index contributed by atoms with van der Waals surface area (Å²) in [7, 11) is 1.45. The maximum Gasteiger partial charge on any atom is 0.410 e. The fourth-order valence-electron chi connectivity index (χ4n) is 1.97. The van der Waals surface area contributed by atoms with Gasteiger partial charge in [0.2, 0.25) is 0 Å². The number of likely N-dealkylation sites (tertiary alicyclic amines) is 1. The van der Waals surface area contributed by atoms with Gasteiger partial charge in [0, 0.05) is 13.7 Å². The maximum absolute atomic E-state index is 11.9. The number of hydrogen-bond acceptors (Lipinski definition) is 4. The third-order valence-corrected chi connectivity index (χ3v) is 3.04. The second-order valence-corrected chi connectivity index (χ2v) is 5.81. The molecule has 6 heteroatoms. The molecule has 2 atom stereocenters. The fraction of sp³-hybridized carbons (Fsp3) is 0.833. The van der Waals surface area contributed by atoms with E-state index in [-0.39, 0.29) is 13.1 Å². The number of aliphatic carboxylic acids is 1. The second-order valence-electron chi connectivity index (χ2n) is 5.81. The van der Waals surface area contributed by atoms with Crippen molar-refractivity contribution in [1.29, 1.82) is 0 Å². The number of carboxylic acids is 1. The highest BCUT2D eigenvalue weighted by Gasteiger charge is 2.51. The number of amides is 1. The highest BCUT2D eigenvalue weighted by atomic mass is 16.6. The molecular weight excluding hydrogens is 238 g/mol. The van der Waals surface area contributed by atoms with Crippen molar-refractivity contribution in [2.24, 2.45) is 5.41 Å². The zero-order valence-corrected chi connectivity index (χ0v) is 11.5. The number of carbonyl (C=O) groups is 2. The quantitative estimate of drug-likeness (QED) is 0.810. The Bertz CT molecular complexity index is 349. The van der Waals surface area contributed by atoms with Crippen LogP contribution in [0.25, 0.3) is 0 Å². The van der Waals surface area contributed by atoms with Crippen molar-refractivity contribution >= 4 is 12.1 Å². The number of nitrogens with zero attached hydrogens (tertiary/aromatic N) is 1. The first-order chi connectivity index (χ1) is 8.10. The summed E-state index contributed by atoms with van der Waals surface area (Å²) >= 11 is 0. The van der Waals surface area contributed by atoms with Gasteiger partial charge in [0.1, 0.15) is 11.0 Å². The molecule has 1 aliphatic heterocycles. The fourth-order valence-corrected chi connectivity index (χ4v) is 1.97. The van der Waals surface area contributed by atoms with Gasteiger partial charge in [-0.3, -0.25) is 4.79 Å². The van der Waals surface area contributed by atoms with Crippen LogP contribution >= 0.6 is 0 Å². The normalized spacial score (nSPS) is 28.3. The van der Waals surface area contributed by atoms with Crippen LogP contribution in [-0.2, 0) is 14.3 Å². The average Bonchev–Trinajstić information content (AvgIpc) is 2.54. The molecule has 0 bridgehead atoms. The average molecular weight is 259 g/mol. The van der Waals surface area contributed by atoms with E-state index in [0.717, 1.165) is 0 Å². The first-order valence-electron chi connectivity index (χ1n) is 5.84. The first kappa shape index (κ1) is 14.8. The minimum absolute atomic E-state index is 0.0930. The van der Waals surface area contributed by atoms with Crippen LogP contribution in [0.1, 0.15) is 27.7 Å². The molecular formula is C12H21NO5. The molecule has 0 aromatic heterocycles. The third-order valence-electron chi connectivity index (χ3n) is 3.04. The van der Waals surface area contributed by atoms with Gasteiger partial charge in [-0.15, -0.1) is 0 Å². The van der Waals surface area contributed by atoms with Crippen molar-refractivity contribution in [3.05, 3.63) is 0 Å². The summed E-state index contributed by atoms with van der Waals surface area (Å²) in [5.41, 5.74) is -1.69. The lowest BCUT2D eigenvalue weighted by Crippen LogP contribution is -2.40. The Morgan fingerprint density at radius 1 is 1.39 bits per heavy atom. The minimum Gasteiger partial charge on any atom is -0.481 e. The molecule has 104 valence electrons. The maximum atomic E-state index is 11.9. The van der Waals surface area contributed by atoms with Crippen molar-refractivity contribution in [2.75, 3.05) is 20.2 Å². The summed E-state index contributed by atoms with van der Waals surface area (Å²) in [6, 6.07) is 0. The first-order valence-corrected chi connectivity index (χ1v) is 5.84. The van der Waals surface area contributed by atoms with Gasteiger partial charge in [-0.25, -0.2) is 4.79 Å². The molecule has 0 spiro atoms. The molecule has 1 fully saturated rings. The molecule has 1 saturated heterocycles. The lowest BCUT2D eigenvalue weighted by Gasteiger charge is -2.25. The summed E-state index contributed by atoms with van der Waals surface area (Å²) < 4.78 is 10.4. The Hall–Kier alpha value is -1.30. The lowest BCUT2D eigenvalue weighted by atomic mass is 9.87. The highest BCUT2D eigenvalue weighted by Crippen LogP contribution is 2.33. The molecule has 1 amide bonds. The molecule has 0 aromatic rings. The molecule has 0 radical (unpaired) electrons. The number of rotatable bonds is 2. The summed E-state index contributed by atoms with van der Waals surface area (Å²) in [5, 5.41) is 9.25. The van der Waals surface area contributed by atoms with Gasteiger partial charge < -0.3 is 19.5 Å². The van der Waals surface area contributed by atoms with Gasteiger partial charge in [-0.05, 0) is 27.7 Å². The van der Waals surface area contributed by atoms with Crippen LogP contribution in [0, 0.1) is 5.41 Å². The minimum atomic E-state index is -1.09. The van der Waals surface area contributed by atoms with Crippen LogP contribution in [0.2, 0.25) is 0 Å². The van der Waals surface area contributed by atoms with Gasteiger partial charge in [-0.2, -0.15) is 0 Å². The van der Waals surface area contributed by atoms with Crippen molar-refractivity contribution in [2.45, 2.75) is 39.4 Å². The molecule has 1 heterocycles. The van der Waals surface area contributed by atoms with Crippen LogP contribution in [0.15, 0.2) is 0 Å². The Balaban J connectivity index is 2.79. The van der Waals surface area contributed by atoms with Crippen molar-refractivity contribution < 1.29 is 24.2 Å². The van der Waals surface area contributed by atoms with E-state index in [1.54, 1.807) is 27.7 Å². The van der Waals surface area contributed by atoms with Crippen LogP contribution < -0.4 is 0 Å². The van der Waals surface area contributed by atoms with E-state index in [9.17, 15) is 14.7 Å². The summed E-state index contributed by atoms with van der Waals surface area (Å²) in [6.07, 6.45) is -1.03. The standard InChI is InChI=1S/C12H21NO5/c1-11(2,3)18-10(16)13-6-8(17-5)12(4,7-13)9(14)15/h8H,6-7H2,1-5H3,(H,14,15). The molecule has 1 aliphatic rings. The SMILES string of the molecule is COC1CN(C(=O)OC(C)(C)C)CC1(C)C(=O)O. The molecule has 1 N–H and O–H groups in total. The van der Waals surface area contributed by atoms with Crippen LogP contribution in [0.4, 0.5) is 4.79 Å². The van der Waals surface area contributed by atoms with E-state index in [4.69, 9.17) is 9.47 Å². The zero-order valence-electron chi connectivity index (χ0n) is 11.5. The predicted molar refractivity (Wildman–Crippen MR) is 64.3 cm³/mol. The topological polar surface area (TPSA) is 76.1 Å². The number of methoxy groups -OCH3 is 1. The van der Waals surface area contributed by atoms with Crippen LogP contribution in [-0.4, -0.2) is 54.0 Å². The molecule has 0 saturated carbocycles. The zero-order chi connectivity index (χ0) is 14.1. The molecule has 18 heavy (non-hydrogen) atoms. The molecule has 0 aromatic carbocycles. The largest absolute Gasteiger partial charge is 0.481 e. The predicted octanol–water partition coefficient (Wildman–Crippen LogP) is 1.34. The molecule has 6 nitrogen and oxygen atoms in total. The second kappa shape index (κ2) is 4.76. The van der Waals surface area contributed by atoms with E-state index in [1.165, 1.54) is 12.0 Å². The van der Waals surface area contributed by atoms with Gasteiger partial charge in [0.15, 0.2) is 0 Å². The van der Waals surface area contributed by atoms with Gasteiger partial charge in [0.05, 0.1) is 12.6 Å².